The normalized spacial score (nSPS) is 11.9. The van der Waals surface area contributed by atoms with E-state index in [1.165, 1.54) is 6.33 Å². The van der Waals surface area contributed by atoms with Crippen molar-refractivity contribution >= 4 is 29.9 Å². The minimum Gasteiger partial charge on any atom is -0.377 e. The van der Waals surface area contributed by atoms with E-state index >= 15 is 0 Å². The van der Waals surface area contributed by atoms with Gasteiger partial charge in [0.25, 0.3) is 0 Å². The third kappa shape index (κ3) is 6.19. The quantitative estimate of drug-likeness (QED) is 0.441. The van der Waals surface area contributed by atoms with Gasteiger partial charge in [0.05, 0.1) is 12.1 Å². The molecule has 110 valence electrons. The van der Waals surface area contributed by atoms with Gasteiger partial charge >= 0.3 is 0 Å². The third-order valence-electron chi connectivity index (χ3n) is 2.68. The van der Waals surface area contributed by atoms with Gasteiger partial charge in [-0.1, -0.05) is 0 Å². The zero-order chi connectivity index (χ0) is 13.6. The van der Waals surface area contributed by atoms with Gasteiger partial charge in [-0.3, -0.25) is 9.67 Å². The third-order valence-corrected chi connectivity index (χ3v) is 2.68. The van der Waals surface area contributed by atoms with Crippen molar-refractivity contribution in [3.05, 3.63) is 12.2 Å². The lowest BCUT2D eigenvalue weighted by molar-refractivity contribution is 0.0268. The van der Waals surface area contributed by atoms with Crippen LogP contribution in [0.2, 0.25) is 0 Å². The number of rotatable bonds is 5. The molecule has 8 heteroatoms. The lowest BCUT2D eigenvalue weighted by Gasteiger charge is -2.24. The van der Waals surface area contributed by atoms with Crippen LogP contribution >= 0.6 is 24.0 Å². The molecule has 2 N–H and O–H groups in total. The molecule has 1 aromatic heterocycles. The Balaban J connectivity index is 0.00000324. The van der Waals surface area contributed by atoms with Crippen LogP contribution in [0, 0.1) is 0 Å². The monoisotopic (exact) mass is 382 g/mol. The second kappa shape index (κ2) is 8.31. The fraction of sp³-hybridized carbons (Fsp3) is 0.727. The smallest absolute Gasteiger partial charge is 0.191 e. The Morgan fingerprint density at radius 3 is 2.63 bits per heavy atom. The van der Waals surface area contributed by atoms with Crippen molar-refractivity contribution in [2.75, 3.05) is 20.7 Å². The van der Waals surface area contributed by atoms with E-state index in [1.807, 2.05) is 20.9 Å². The number of guanidine groups is 1. The van der Waals surface area contributed by atoms with Crippen LogP contribution in [0.4, 0.5) is 0 Å². The first-order valence-electron chi connectivity index (χ1n) is 5.81. The van der Waals surface area contributed by atoms with E-state index < -0.39 is 0 Å². The zero-order valence-electron chi connectivity index (χ0n) is 12.1. The van der Waals surface area contributed by atoms with Gasteiger partial charge < -0.3 is 15.4 Å². The highest BCUT2D eigenvalue weighted by atomic mass is 127. The summed E-state index contributed by atoms with van der Waals surface area (Å²) in [6, 6.07) is 0. The molecule has 0 atom stereocenters. The fourth-order valence-corrected chi connectivity index (χ4v) is 1.23. The lowest BCUT2D eigenvalue weighted by Crippen LogP contribution is -2.45. The van der Waals surface area contributed by atoms with Crippen LogP contribution in [0.1, 0.15) is 19.7 Å². The molecule has 0 aliphatic rings. The van der Waals surface area contributed by atoms with Gasteiger partial charge in [-0.15, -0.1) is 24.0 Å². The van der Waals surface area contributed by atoms with Crippen molar-refractivity contribution in [2.24, 2.45) is 12.0 Å². The van der Waals surface area contributed by atoms with Gasteiger partial charge in [0.1, 0.15) is 12.2 Å². The van der Waals surface area contributed by atoms with Gasteiger partial charge in [0.2, 0.25) is 0 Å². The lowest BCUT2D eigenvalue weighted by atomic mass is 10.1. The van der Waals surface area contributed by atoms with E-state index in [0.29, 0.717) is 19.0 Å². The standard InChI is InChI=1S/C11H22N6O.HI/c1-11(2,18-5)7-14-10(12-3)13-6-9-15-8-16-17(9)4;/h8H,6-7H2,1-5H3,(H2,12,13,14);1H. The minimum atomic E-state index is -0.234. The summed E-state index contributed by atoms with van der Waals surface area (Å²) in [5.74, 6) is 1.56. The second-order valence-electron chi connectivity index (χ2n) is 4.54. The molecule has 7 nitrogen and oxygen atoms in total. The number of nitrogens with zero attached hydrogens (tertiary/aromatic N) is 4. The second-order valence-corrected chi connectivity index (χ2v) is 4.54. The average molecular weight is 382 g/mol. The van der Waals surface area contributed by atoms with Crippen LogP contribution in [0.15, 0.2) is 11.3 Å². The number of methoxy groups -OCH3 is 1. The first kappa shape index (κ1) is 18.1. The van der Waals surface area contributed by atoms with Gasteiger partial charge in [-0.25, -0.2) is 4.98 Å². The predicted octanol–water partition coefficient (Wildman–Crippen LogP) is 0.523. The van der Waals surface area contributed by atoms with Crippen LogP contribution in [0.5, 0.6) is 0 Å². The molecule has 1 heterocycles. The number of aromatic nitrogens is 3. The van der Waals surface area contributed by atoms with Gasteiger partial charge in [0.15, 0.2) is 5.96 Å². The number of aliphatic imine (C=N–C) groups is 1. The van der Waals surface area contributed by atoms with Crippen LogP contribution in [0.25, 0.3) is 0 Å². The summed E-state index contributed by atoms with van der Waals surface area (Å²) in [4.78, 5) is 8.26. The Labute approximate surface area is 131 Å². The molecule has 0 saturated heterocycles. The van der Waals surface area contributed by atoms with E-state index in [0.717, 1.165) is 5.82 Å². The van der Waals surface area contributed by atoms with Crippen LogP contribution in [-0.4, -0.2) is 47.0 Å². The van der Waals surface area contributed by atoms with Crippen molar-refractivity contribution in [1.29, 1.82) is 0 Å². The Kier molecular flexibility index (Phi) is 7.91. The van der Waals surface area contributed by atoms with Crippen molar-refractivity contribution in [2.45, 2.75) is 26.0 Å². The van der Waals surface area contributed by atoms with Gasteiger partial charge in [0, 0.05) is 27.7 Å². The first-order valence-corrected chi connectivity index (χ1v) is 5.81. The van der Waals surface area contributed by atoms with Crippen LogP contribution in [-0.2, 0) is 18.3 Å². The van der Waals surface area contributed by atoms with Crippen molar-refractivity contribution in [1.82, 2.24) is 25.4 Å². The SMILES string of the molecule is CN=C(NCc1ncnn1C)NCC(C)(C)OC.I. The fourth-order valence-electron chi connectivity index (χ4n) is 1.23. The van der Waals surface area contributed by atoms with E-state index in [4.69, 9.17) is 4.74 Å². The molecular weight excluding hydrogens is 359 g/mol. The maximum absolute atomic E-state index is 5.33. The molecule has 0 unspecified atom stereocenters. The predicted molar refractivity (Wildman–Crippen MR) is 85.7 cm³/mol. The molecule has 0 spiro atoms. The zero-order valence-corrected chi connectivity index (χ0v) is 14.4. The number of nitrogens with one attached hydrogen (secondary N) is 2. The first-order chi connectivity index (χ1) is 8.48. The number of halogens is 1. The van der Waals surface area contributed by atoms with Crippen LogP contribution < -0.4 is 10.6 Å². The Morgan fingerprint density at radius 1 is 1.47 bits per heavy atom. The summed E-state index contributed by atoms with van der Waals surface area (Å²) in [5, 5.41) is 10.4. The summed E-state index contributed by atoms with van der Waals surface area (Å²) in [5.41, 5.74) is -0.234. The number of hydrogen-bond acceptors (Lipinski definition) is 4. The molecule has 0 aliphatic heterocycles. The molecule has 0 aromatic carbocycles. The van der Waals surface area contributed by atoms with E-state index in [1.54, 1.807) is 18.8 Å². The Bertz CT molecular complexity index is 404. The maximum atomic E-state index is 5.33. The molecule has 0 fully saturated rings. The molecule has 0 amide bonds. The molecule has 19 heavy (non-hydrogen) atoms. The van der Waals surface area contributed by atoms with E-state index in [9.17, 15) is 0 Å². The van der Waals surface area contributed by atoms with Gasteiger partial charge in [-0.05, 0) is 13.8 Å². The van der Waals surface area contributed by atoms with Crippen LogP contribution in [0.3, 0.4) is 0 Å². The maximum Gasteiger partial charge on any atom is 0.191 e. The van der Waals surface area contributed by atoms with Gasteiger partial charge in [-0.2, -0.15) is 5.10 Å². The number of aryl methyl sites for hydroxylation is 1. The molecular formula is C11H23IN6O. The summed E-state index contributed by atoms with van der Waals surface area (Å²) in [6.07, 6.45) is 1.53. The molecule has 0 aliphatic carbocycles. The van der Waals surface area contributed by atoms with E-state index in [-0.39, 0.29) is 29.6 Å². The largest absolute Gasteiger partial charge is 0.377 e. The summed E-state index contributed by atoms with van der Waals surface area (Å²) in [7, 11) is 5.28. The highest BCUT2D eigenvalue weighted by molar-refractivity contribution is 14.0. The van der Waals surface area contributed by atoms with E-state index in [2.05, 4.69) is 25.7 Å². The molecule has 0 radical (unpaired) electrons. The number of ether oxygens (including phenoxy) is 1. The summed E-state index contributed by atoms with van der Waals surface area (Å²) in [6.45, 7) is 5.26. The number of hydrogen-bond donors (Lipinski definition) is 2. The Morgan fingerprint density at radius 2 is 2.16 bits per heavy atom. The summed E-state index contributed by atoms with van der Waals surface area (Å²) < 4.78 is 7.05. The molecule has 0 bridgehead atoms. The summed E-state index contributed by atoms with van der Waals surface area (Å²) >= 11 is 0. The highest BCUT2D eigenvalue weighted by Gasteiger charge is 2.16. The Hall–Kier alpha value is -0.900. The molecule has 0 saturated carbocycles. The highest BCUT2D eigenvalue weighted by Crippen LogP contribution is 2.04. The molecule has 1 rings (SSSR count). The molecule has 1 aromatic rings. The topological polar surface area (TPSA) is 76.4 Å². The van der Waals surface area contributed by atoms with Crippen molar-refractivity contribution in [3.8, 4) is 0 Å². The average Bonchev–Trinajstić information content (AvgIpc) is 2.75. The minimum absolute atomic E-state index is 0. The van der Waals surface area contributed by atoms with Crippen molar-refractivity contribution < 1.29 is 4.74 Å². The van der Waals surface area contributed by atoms with Crippen molar-refractivity contribution in [3.63, 3.8) is 0 Å².